The van der Waals surface area contributed by atoms with Crippen molar-refractivity contribution < 1.29 is 6.48 Å². The molecule has 2 unspecified atom stereocenters. The molecule has 1 aromatic carbocycles. The molecule has 0 amide bonds. The first-order chi connectivity index (χ1) is 7.76. The van der Waals surface area contributed by atoms with Crippen LogP contribution in [0, 0.1) is 5.92 Å². The summed E-state index contributed by atoms with van der Waals surface area (Å²) in [6.45, 7) is 3.98. The van der Waals surface area contributed by atoms with E-state index in [0.29, 0.717) is 13.3 Å². The molecule has 0 radical (unpaired) electrons. The van der Waals surface area contributed by atoms with Gasteiger partial charge in [0.15, 0.2) is 0 Å². The molecule has 0 aliphatic rings. The zero-order valence-corrected chi connectivity index (χ0v) is 9.10. The summed E-state index contributed by atoms with van der Waals surface area (Å²) in [7, 11) is 0. The number of hydrogen-bond donors (Lipinski definition) is 1. The van der Waals surface area contributed by atoms with Crippen LogP contribution in [0.1, 0.15) is 26.7 Å². The predicted molar refractivity (Wildman–Crippen MR) is 64.7 cm³/mol. The second-order valence-corrected chi connectivity index (χ2v) is 3.91. The Bertz CT molecular complexity index is 297. The monoisotopic (exact) mass is 205 g/mol. The van der Waals surface area contributed by atoms with Gasteiger partial charge in [0.2, 0.25) is 0 Å². The van der Waals surface area contributed by atoms with E-state index in [1.54, 1.807) is 6.08 Å². The zero-order valence-electron chi connectivity index (χ0n) is 10.1. The summed E-state index contributed by atoms with van der Waals surface area (Å²) in [5, 5.41) is 9.81. The van der Waals surface area contributed by atoms with Gasteiger partial charge < -0.3 is 5.11 Å². The summed E-state index contributed by atoms with van der Waals surface area (Å²) in [4.78, 5) is 0. The maximum Gasteiger partial charge on any atom is 0.0549 e. The number of aliphatic hydroxyl groups is 1. The van der Waals surface area contributed by atoms with E-state index < -0.39 is 0 Å². The minimum absolute atomic E-state index is 0.116. The topological polar surface area (TPSA) is 20.2 Å². The third kappa shape index (κ3) is 4.80. The Morgan fingerprint density at radius 3 is 2.80 bits per heavy atom. The van der Waals surface area contributed by atoms with Crippen molar-refractivity contribution in [1.29, 1.82) is 0 Å². The van der Waals surface area contributed by atoms with Crippen LogP contribution in [0.2, 0.25) is 0 Å². The lowest BCUT2D eigenvalue weighted by molar-refractivity contribution is 0.144. The van der Waals surface area contributed by atoms with Crippen LogP contribution in [-0.2, 0) is 6.42 Å². The largest absolute Gasteiger partial charge is 0.393 e. The molecule has 0 saturated heterocycles. The molecule has 82 valence electrons. The molecule has 0 saturated carbocycles. The number of hydrogen-bond acceptors (Lipinski definition) is 1. The molecule has 0 heterocycles. The lowest BCUT2D eigenvalue weighted by atomic mass is 9.99. The fourth-order valence-electron chi connectivity index (χ4n) is 1.54. The molecule has 0 aliphatic heterocycles. The van der Waals surface area contributed by atoms with Crippen LogP contribution in [-0.4, -0.2) is 11.2 Å². The van der Waals surface area contributed by atoms with Gasteiger partial charge in [-0.05, 0) is 30.7 Å². The molecule has 1 rings (SSSR count). The van der Waals surface area contributed by atoms with Crippen LogP contribution in [0.25, 0.3) is 0 Å². The highest BCUT2D eigenvalue weighted by atomic mass is 16.3. The average Bonchev–Trinajstić information content (AvgIpc) is 2.34. The molecule has 15 heavy (non-hydrogen) atoms. The Balaban J connectivity index is 2.30. The molecular formula is C14H20O. The Hall–Kier alpha value is -1.08. The predicted octanol–water partition coefficient (Wildman–Crippen LogP) is 3.19. The maximum atomic E-state index is 9.81. The highest BCUT2D eigenvalue weighted by Crippen LogP contribution is 2.12. The molecule has 0 fully saturated rings. The van der Waals surface area contributed by atoms with Gasteiger partial charge in [0, 0.05) is 1.37 Å². The third-order valence-electron chi connectivity index (χ3n) is 2.52. The van der Waals surface area contributed by atoms with Crippen LogP contribution in [0.4, 0.5) is 0 Å². The second kappa shape index (κ2) is 6.41. The molecule has 1 aromatic rings. The van der Waals surface area contributed by atoms with E-state index in [-0.39, 0.29) is 12.0 Å². The lowest BCUT2D eigenvalue weighted by Crippen LogP contribution is -2.11. The summed E-state index contributed by atoms with van der Waals surface area (Å²) in [5.74, 6) is 0.116. The lowest BCUT2D eigenvalue weighted by Gasteiger charge is -2.13. The van der Waals surface area contributed by atoms with Crippen molar-refractivity contribution in [3.8, 4) is 0 Å². The molecule has 1 N–H and O–H groups in total. The highest BCUT2D eigenvalue weighted by molar-refractivity contribution is 5.14. The van der Waals surface area contributed by atoms with Crippen LogP contribution in [0.3, 0.4) is 0 Å². The normalized spacial score (nSPS) is 15.4. The van der Waals surface area contributed by atoms with E-state index in [4.69, 9.17) is 1.37 Å². The summed E-state index contributed by atoms with van der Waals surface area (Å²) < 4.78 is 7.27. The molecule has 1 nitrogen and oxygen atoms in total. The summed E-state index contributed by atoms with van der Waals surface area (Å²) >= 11 is 0. The Labute approximate surface area is 93.9 Å². The van der Waals surface area contributed by atoms with Gasteiger partial charge in [-0.15, -0.1) is 6.58 Å². The fourth-order valence-corrected chi connectivity index (χ4v) is 1.54. The molecule has 0 aromatic heterocycles. The minimum atomic E-state index is -0.325. The van der Waals surface area contributed by atoms with Crippen molar-refractivity contribution in [2.75, 3.05) is 0 Å². The molecule has 0 spiro atoms. The van der Waals surface area contributed by atoms with E-state index in [1.807, 2.05) is 18.2 Å². The van der Waals surface area contributed by atoms with Gasteiger partial charge in [-0.1, -0.05) is 43.3 Å². The first-order valence-electron chi connectivity index (χ1n) is 6.10. The van der Waals surface area contributed by atoms with Crippen LogP contribution < -0.4 is 0 Å². The van der Waals surface area contributed by atoms with Crippen LogP contribution in [0.15, 0.2) is 43.0 Å². The minimum Gasteiger partial charge on any atom is -0.393 e. The molecule has 0 aliphatic carbocycles. The molecule has 2 atom stereocenters. The Morgan fingerprint density at radius 2 is 2.20 bits per heavy atom. The van der Waals surface area contributed by atoms with Crippen molar-refractivity contribution in [2.45, 2.75) is 32.3 Å². The van der Waals surface area contributed by atoms with Crippen molar-refractivity contribution >= 4 is 0 Å². The van der Waals surface area contributed by atoms with Gasteiger partial charge in [-0.25, -0.2) is 0 Å². The highest BCUT2D eigenvalue weighted by Gasteiger charge is 2.07. The van der Waals surface area contributed by atoms with Crippen molar-refractivity contribution in [3.63, 3.8) is 0 Å². The molecular weight excluding hydrogens is 184 g/mol. The SMILES string of the molecule is [2H]CC(C=C)CC(O)CCc1ccccc1. The number of aliphatic hydroxyl groups excluding tert-OH is 1. The Morgan fingerprint density at radius 1 is 1.47 bits per heavy atom. The van der Waals surface area contributed by atoms with Crippen molar-refractivity contribution in [1.82, 2.24) is 0 Å². The number of rotatable bonds is 6. The van der Waals surface area contributed by atoms with E-state index in [1.165, 1.54) is 5.56 Å². The van der Waals surface area contributed by atoms with E-state index in [0.717, 1.165) is 12.8 Å². The second-order valence-electron chi connectivity index (χ2n) is 3.91. The summed E-state index contributed by atoms with van der Waals surface area (Å²) in [5.41, 5.74) is 1.25. The first-order valence-corrected chi connectivity index (χ1v) is 5.40. The molecule has 1 heteroatoms. The summed E-state index contributed by atoms with van der Waals surface area (Å²) in [6, 6.07) is 10.2. The number of aryl methyl sites for hydroxylation is 1. The van der Waals surface area contributed by atoms with Crippen LogP contribution >= 0.6 is 0 Å². The fraction of sp³-hybridized carbons (Fsp3) is 0.429. The van der Waals surface area contributed by atoms with Gasteiger partial charge in [-0.3, -0.25) is 0 Å². The maximum absolute atomic E-state index is 9.81. The zero-order chi connectivity index (χ0) is 11.8. The number of allylic oxidation sites excluding steroid dienone is 1. The van der Waals surface area contributed by atoms with Gasteiger partial charge in [0.1, 0.15) is 0 Å². The van der Waals surface area contributed by atoms with Crippen molar-refractivity contribution in [3.05, 3.63) is 48.6 Å². The summed E-state index contributed by atoms with van der Waals surface area (Å²) in [6.07, 6.45) is 3.74. The van der Waals surface area contributed by atoms with E-state index in [2.05, 4.69) is 18.7 Å². The Kier molecular flexibility index (Phi) is 4.46. The van der Waals surface area contributed by atoms with Crippen molar-refractivity contribution in [2.24, 2.45) is 5.92 Å². The number of benzene rings is 1. The van der Waals surface area contributed by atoms with E-state index >= 15 is 0 Å². The quantitative estimate of drug-likeness (QED) is 0.707. The van der Waals surface area contributed by atoms with Gasteiger partial charge >= 0.3 is 0 Å². The van der Waals surface area contributed by atoms with E-state index in [9.17, 15) is 5.11 Å². The average molecular weight is 205 g/mol. The van der Waals surface area contributed by atoms with Gasteiger partial charge in [0.25, 0.3) is 0 Å². The van der Waals surface area contributed by atoms with Crippen LogP contribution in [0.5, 0.6) is 0 Å². The van der Waals surface area contributed by atoms with Gasteiger partial charge in [-0.2, -0.15) is 0 Å². The smallest absolute Gasteiger partial charge is 0.0549 e. The third-order valence-corrected chi connectivity index (χ3v) is 2.52. The standard InChI is InChI=1S/C14H20O/c1-3-12(2)11-14(15)10-9-13-7-5-4-6-8-13/h3-8,12,14-15H,1,9-11H2,2H3/i2D. The first kappa shape index (κ1) is 10.4. The molecule has 0 bridgehead atoms. The van der Waals surface area contributed by atoms with Gasteiger partial charge in [0.05, 0.1) is 6.10 Å².